The fourth-order valence-corrected chi connectivity index (χ4v) is 2.57. The summed E-state index contributed by atoms with van der Waals surface area (Å²) in [5.74, 6) is 0.162. The Morgan fingerprint density at radius 1 is 0.960 bits per heavy atom. The van der Waals surface area contributed by atoms with Crippen LogP contribution in [0.1, 0.15) is 23.1 Å². The number of amides is 1. The predicted octanol–water partition coefficient (Wildman–Crippen LogP) is 3.08. The van der Waals surface area contributed by atoms with Crippen LogP contribution in [0, 0.1) is 11.3 Å². The van der Waals surface area contributed by atoms with Crippen molar-refractivity contribution in [3.05, 3.63) is 71.3 Å². The standard InChI is InChI=1S/C21H25N3O/c1-23(2)14-15-24(17-20-10-8-19(16-22)9-11-20)21(25)13-12-18-6-4-3-5-7-18/h3-11H,12-15,17H2,1-2H3. The third-order valence-electron chi connectivity index (χ3n) is 4.10. The maximum absolute atomic E-state index is 12.7. The lowest BCUT2D eigenvalue weighted by Crippen LogP contribution is -2.36. The number of hydrogen-bond donors (Lipinski definition) is 0. The molecule has 130 valence electrons. The van der Waals surface area contributed by atoms with Crippen LogP contribution in [0.2, 0.25) is 0 Å². The number of rotatable bonds is 8. The molecule has 0 heterocycles. The normalized spacial score (nSPS) is 10.5. The van der Waals surface area contributed by atoms with Crippen molar-refractivity contribution in [2.75, 3.05) is 27.2 Å². The van der Waals surface area contributed by atoms with Crippen molar-refractivity contribution >= 4 is 5.91 Å². The molecule has 4 heteroatoms. The lowest BCUT2D eigenvalue weighted by atomic mass is 10.1. The van der Waals surface area contributed by atoms with Crippen molar-refractivity contribution in [2.45, 2.75) is 19.4 Å². The molecule has 0 fully saturated rings. The summed E-state index contributed by atoms with van der Waals surface area (Å²) in [5, 5.41) is 8.90. The Kier molecular flexibility index (Phi) is 7.18. The molecule has 2 aromatic carbocycles. The van der Waals surface area contributed by atoms with E-state index in [0.29, 0.717) is 25.1 Å². The summed E-state index contributed by atoms with van der Waals surface area (Å²) in [6, 6.07) is 19.7. The fraction of sp³-hybridized carbons (Fsp3) is 0.333. The Labute approximate surface area is 150 Å². The van der Waals surface area contributed by atoms with E-state index in [9.17, 15) is 4.79 Å². The van der Waals surface area contributed by atoms with Crippen molar-refractivity contribution in [2.24, 2.45) is 0 Å². The van der Waals surface area contributed by atoms with Gasteiger partial charge in [0, 0.05) is 26.1 Å². The molecule has 0 N–H and O–H groups in total. The van der Waals surface area contributed by atoms with E-state index in [1.54, 1.807) is 12.1 Å². The zero-order valence-corrected chi connectivity index (χ0v) is 15.0. The van der Waals surface area contributed by atoms with Crippen molar-refractivity contribution < 1.29 is 4.79 Å². The minimum absolute atomic E-state index is 0.162. The molecule has 4 nitrogen and oxygen atoms in total. The summed E-state index contributed by atoms with van der Waals surface area (Å²) in [4.78, 5) is 16.7. The summed E-state index contributed by atoms with van der Waals surface area (Å²) in [6.45, 7) is 2.10. The molecule has 0 aliphatic rings. The minimum atomic E-state index is 0.162. The van der Waals surface area contributed by atoms with Crippen molar-refractivity contribution in [3.8, 4) is 6.07 Å². The summed E-state index contributed by atoms with van der Waals surface area (Å²) < 4.78 is 0. The smallest absolute Gasteiger partial charge is 0.223 e. The summed E-state index contributed by atoms with van der Waals surface area (Å²) >= 11 is 0. The first-order chi connectivity index (χ1) is 12.1. The van der Waals surface area contributed by atoms with Gasteiger partial charge in [0.15, 0.2) is 0 Å². The Morgan fingerprint density at radius 3 is 2.24 bits per heavy atom. The maximum atomic E-state index is 12.7. The lowest BCUT2D eigenvalue weighted by molar-refractivity contribution is -0.131. The fourth-order valence-electron chi connectivity index (χ4n) is 2.57. The van der Waals surface area contributed by atoms with Crippen LogP contribution in [0.15, 0.2) is 54.6 Å². The van der Waals surface area contributed by atoms with Crippen LogP contribution in [0.4, 0.5) is 0 Å². The van der Waals surface area contributed by atoms with E-state index in [-0.39, 0.29) is 5.91 Å². The van der Waals surface area contributed by atoms with Gasteiger partial charge in [-0.05, 0) is 43.8 Å². The molecular formula is C21H25N3O. The molecule has 0 saturated carbocycles. The molecule has 0 aromatic heterocycles. The van der Waals surface area contributed by atoms with Gasteiger partial charge < -0.3 is 9.80 Å². The van der Waals surface area contributed by atoms with Crippen LogP contribution in [0.5, 0.6) is 0 Å². The molecule has 0 saturated heterocycles. The molecule has 0 spiro atoms. The number of hydrogen-bond acceptors (Lipinski definition) is 3. The molecule has 2 aromatic rings. The zero-order valence-electron chi connectivity index (χ0n) is 15.0. The molecule has 0 atom stereocenters. The van der Waals surface area contributed by atoms with Crippen LogP contribution in [0.25, 0.3) is 0 Å². The summed E-state index contributed by atoms with van der Waals surface area (Å²) in [5.41, 5.74) is 2.87. The van der Waals surface area contributed by atoms with Gasteiger partial charge in [-0.25, -0.2) is 0 Å². The second kappa shape index (κ2) is 9.61. The second-order valence-corrected chi connectivity index (χ2v) is 6.41. The van der Waals surface area contributed by atoms with E-state index in [2.05, 4.69) is 23.1 Å². The Balaban J connectivity index is 2.00. The van der Waals surface area contributed by atoms with Gasteiger partial charge in [-0.15, -0.1) is 0 Å². The highest BCUT2D eigenvalue weighted by molar-refractivity contribution is 5.76. The van der Waals surface area contributed by atoms with Gasteiger partial charge in [-0.3, -0.25) is 4.79 Å². The number of benzene rings is 2. The van der Waals surface area contributed by atoms with Crippen LogP contribution in [0.3, 0.4) is 0 Å². The molecule has 0 aliphatic carbocycles. The molecule has 25 heavy (non-hydrogen) atoms. The first-order valence-electron chi connectivity index (χ1n) is 8.54. The van der Waals surface area contributed by atoms with Gasteiger partial charge in [-0.2, -0.15) is 5.26 Å². The third kappa shape index (κ3) is 6.40. The highest BCUT2D eigenvalue weighted by Gasteiger charge is 2.14. The van der Waals surface area contributed by atoms with Gasteiger partial charge in [0.25, 0.3) is 0 Å². The maximum Gasteiger partial charge on any atom is 0.223 e. The lowest BCUT2D eigenvalue weighted by Gasteiger charge is -2.25. The second-order valence-electron chi connectivity index (χ2n) is 6.41. The van der Waals surface area contributed by atoms with Crippen molar-refractivity contribution in [1.29, 1.82) is 5.26 Å². The zero-order chi connectivity index (χ0) is 18.1. The topological polar surface area (TPSA) is 47.3 Å². The molecule has 0 aliphatic heterocycles. The Hall–Kier alpha value is -2.64. The van der Waals surface area contributed by atoms with E-state index >= 15 is 0 Å². The van der Waals surface area contributed by atoms with Gasteiger partial charge in [-0.1, -0.05) is 42.5 Å². The molecule has 2 rings (SSSR count). The molecule has 0 bridgehead atoms. The van der Waals surface area contributed by atoms with Gasteiger partial charge in [0.1, 0.15) is 0 Å². The average molecular weight is 335 g/mol. The Bertz CT molecular complexity index is 702. The SMILES string of the molecule is CN(C)CCN(Cc1ccc(C#N)cc1)C(=O)CCc1ccccc1. The molecule has 1 amide bonds. The van der Waals surface area contributed by atoms with Crippen LogP contribution in [-0.4, -0.2) is 42.9 Å². The van der Waals surface area contributed by atoms with Gasteiger partial charge >= 0.3 is 0 Å². The quantitative estimate of drug-likeness (QED) is 0.745. The first-order valence-corrected chi connectivity index (χ1v) is 8.54. The minimum Gasteiger partial charge on any atom is -0.337 e. The third-order valence-corrected chi connectivity index (χ3v) is 4.10. The van der Waals surface area contributed by atoms with Crippen molar-refractivity contribution in [1.82, 2.24) is 9.80 Å². The number of nitrogens with zero attached hydrogens (tertiary/aromatic N) is 3. The summed E-state index contributed by atoms with van der Waals surface area (Å²) in [6.07, 6.45) is 1.26. The number of likely N-dealkylation sites (N-methyl/N-ethyl adjacent to an activating group) is 1. The van der Waals surface area contributed by atoms with Crippen LogP contribution in [-0.2, 0) is 17.8 Å². The highest BCUT2D eigenvalue weighted by Crippen LogP contribution is 2.10. The van der Waals surface area contributed by atoms with E-state index < -0.39 is 0 Å². The van der Waals surface area contributed by atoms with Crippen molar-refractivity contribution in [3.63, 3.8) is 0 Å². The summed E-state index contributed by atoms with van der Waals surface area (Å²) in [7, 11) is 4.02. The number of nitriles is 1. The van der Waals surface area contributed by atoms with Gasteiger partial charge in [0.2, 0.25) is 5.91 Å². The first kappa shape index (κ1) is 18.7. The Morgan fingerprint density at radius 2 is 1.64 bits per heavy atom. The van der Waals surface area contributed by atoms with E-state index in [4.69, 9.17) is 5.26 Å². The van der Waals surface area contributed by atoms with Gasteiger partial charge in [0.05, 0.1) is 11.6 Å². The highest BCUT2D eigenvalue weighted by atomic mass is 16.2. The molecule has 0 unspecified atom stereocenters. The number of aryl methyl sites for hydroxylation is 1. The largest absolute Gasteiger partial charge is 0.337 e. The van der Waals surface area contributed by atoms with Crippen LogP contribution >= 0.6 is 0 Å². The van der Waals surface area contributed by atoms with Crippen LogP contribution < -0.4 is 0 Å². The number of carbonyl (C=O) groups excluding carboxylic acids is 1. The molecular weight excluding hydrogens is 310 g/mol. The monoisotopic (exact) mass is 335 g/mol. The number of carbonyl (C=O) groups is 1. The van der Waals surface area contributed by atoms with E-state index in [1.165, 1.54) is 5.56 Å². The molecule has 0 radical (unpaired) electrons. The average Bonchev–Trinajstić information content (AvgIpc) is 2.64. The van der Waals surface area contributed by atoms with E-state index in [1.807, 2.05) is 49.3 Å². The predicted molar refractivity (Wildman–Crippen MR) is 99.9 cm³/mol. The van der Waals surface area contributed by atoms with E-state index in [0.717, 1.165) is 18.5 Å².